The molecular weight excluding hydrogens is 218 g/mol. The SMILES string of the molecule is Cc1cccc(-c2ccc([C@@H]3CCCN3)cc2)c1. The molecule has 3 rings (SSSR count). The number of aryl methyl sites for hydroxylation is 1. The molecule has 1 N–H and O–H groups in total. The molecule has 0 amide bonds. The molecule has 1 heterocycles. The van der Waals surface area contributed by atoms with Crippen LogP contribution in [-0.4, -0.2) is 6.54 Å². The van der Waals surface area contributed by atoms with Crippen LogP contribution >= 0.6 is 0 Å². The van der Waals surface area contributed by atoms with Crippen molar-refractivity contribution in [3.05, 3.63) is 59.7 Å². The minimum Gasteiger partial charge on any atom is -0.310 e. The number of hydrogen-bond donors (Lipinski definition) is 1. The summed E-state index contributed by atoms with van der Waals surface area (Å²) in [4.78, 5) is 0. The zero-order valence-corrected chi connectivity index (χ0v) is 10.8. The first kappa shape index (κ1) is 11.5. The van der Waals surface area contributed by atoms with Gasteiger partial charge in [-0.2, -0.15) is 0 Å². The minimum absolute atomic E-state index is 0.566. The maximum atomic E-state index is 3.54. The van der Waals surface area contributed by atoms with Crippen molar-refractivity contribution in [2.24, 2.45) is 0 Å². The highest BCUT2D eigenvalue weighted by atomic mass is 14.9. The van der Waals surface area contributed by atoms with E-state index in [0.29, 0.717) is 6.04 Å². The Balaban J connectivity index is 1.86. The number of nitrogens with one attached hydrogen (secondary N) is 1. The predicted octanol–water partition coefficient (Wildman–Crippen LogP) is 4.09. The second kappa shape index (κ2) is 4.95. The van der Waals surface area contributed by atoms with Crippen molar-refractivity contribution < 1.29 is 0 Å². The van der Waals surface area contributed by atoms with E-state index in [1.54, 1.807) is 0 Å². The molecule has 1 heteroatoms. The van der Waals surface area contributed by atoms with Crippen molar-refractivity contribution in [1.29, 1.82) is 0 Å². The highest BCUT2D eigenvalue weighted by molar-refractivity contribution is 5.64. The Labute approximate surface area is 109 Å². The van der Waals surface area contributed by atoms with E-state index in [1.807, 2.05) is 0 Å². The van der Waals surface area contributed by atoms with Gasteiger partial charge in [-0.15, -0.1) is 0 Å². The molecule has 1 nitrogen and oxygen atoms in total. The van der Waals surface area contributed by atoms with Gasteiger partial charge in [-0.3, -0.25) is 0 Å². The molecule has 2 aromatic carbocycles. The monoisotopic (exact) mass is 237 g/mol. The molecule has 92 valence electrons. The maximum absolute atomic E-state index is 3.54. The van der Waals surface area contributed by atoms with Crippen LogP contribution in [0.4, 0.5) is 0 Å². The van der Waals surface area contributed by atoms with Gasteiger partial charge in [0.1, 0.15) is 0 Å². The highest BCUT2D eigenvalue weighted by Gasteiger charge is 2.15. The van der Waals surface area contributed by atoms with Gasteiger partial charge in [0.2, 0.25) is 0 Å². The summed E-state index contributed by atoms with van der Waals surface area (Å²) in [6, 6.07) is 18.3. The van der Waals surface area contributed by atoms with E-state index in [1.165, 1.54) is 35.1 Å². The quantitative estimate of drug-likeness (QED) is 0.829. The van der Waals surface area contributed by atoms with Gasteiger partial charge in [0.25, 0.3) is 0 Å². The lowest BCUT2D eigenvalue weighted by molar-refractivity contribution is 0.648. The lowest BCUT2D eigenvalue weighted by atomic mass is 9.99. The Morgan fingerprint density at radius 2 is 1.83 bits per heavy atom. The minimum atomic E-state index is 0.566. The Hall–Kier alpha value is -1.60. The van der Waals surface area contributed by atoms with Gasteiger partial charge in [-0.25, -0.2) is 0 Å². The van der Waals surface area contributed by atoms with Crippen molar-refractivity contribution in [2.45, 2.75) is 25.8 Å². The zero-order chi connectivity index (χ0) is 12.4. The van der Waals surface area contributed by atoms with E-state index in [2.05, 4.69) is 60.8 Å². The molecule has 0 radical (unpaired) electrons. The van der Waals surface area contributed by atoms with Gasteiger partial charge in [-0.05, 0) is 43.0 Å². The second-order valence-corrected chi connectivity index (χ2v) is 5.14. The fraction of sp³-hybridized carbons (Fsp3) is 0.294. The fourth-order valence-electron chi connectivity index (χ4n) is 2.70. The van der Waals surface area contributed by atoms with Gasteiger partial charge in [-0.1, -0.05) is 54.1 Å². The molecule has 0 saturated carbocycles. The van der Waals surface area contributed by atoms with Crippen LogP contribution in [-0.2, 0) is 0 Å². The van der Waals surface area contributed by atoms with E-state index in [9.17, 15) is 0 Å². The molecule has 0 aliphatic carbocycles. The van der Waals surface area contributed by atoms with E-state index in [4.69, 9.17) is 0 Å². The van der Waals surface area contributed by atoms with Crippen molar-refractivity contribution in [3.63, 3.8) is 0 Å². The van der Waals surface area contributed by atoms with E-state index >= 15 is 0 Å². The average molecular weight is 237 g/mol. The number of hydrogen-bond acceptors (Lipinski definition) is 1. The third-order valence-electron chi connectivity index (χ3n) is 3.72. The number of rotatable bonds is 2. The first-order chi connectivity index (χ1) is 8.83. The van der Waals surface area contributed by atoms with Gasteiger partial charge in [0.05, 0.1) is 0 Å². The maximum Gasteiger partial charge on any atom is 0.0320 e. The molecule has 18 heavy (non-hydrogen) atoms. The summed E-state index contributed by atoms with van der Waals surface area (Å²) < 4.78 is 0. The Bertz CT molecular complexity index is 522. The van der Waals surface area contributed by atoms with Crippen LogP contribution in [0, 0.1) is 6.92 Å². The van der Waals surface area contributed by atoms with Gasteiger partial charge in [0, 0.05) is 6.04 Å². The normalized spacial score (nSPS) is 19.1. The third kappa shape index (κ3) is 2.32. The molecule has 1 saturated heterocycles. The summed E-state index contributed by atoms with van der Waals surface area (Å²) >= 11 is 0. The molecule has 2 aromatic rings. The lowest BCUT2D eigenvalue weighted by Gasteiger charge is -2.11. The molecule has 0 bridgehead atoms. The van der Waals surface area contributed by atoms with Crippen LogP contribution < -0.4 is 5.32 Å². The second-order valence-electron chi connectivity index (χ2n) is 5.14. The standard InChI is InChI=1S/C17H19N/c1-13-4-2-5-16(12-13)14-7-9-15(10-8-14)17-6-3-11-18-17/h2,4-5,7-10,12,17-18H,3,6,11H2,1H3/t17-/m0/s1. The van der Waals surface area contributed by atoms with Gasteiger partial charge >= 0.3 is 0 Å². The molecule has 1 atom stereocenters. The summed E-state index contributed by atoms with van der Waals surface area (Å²) in [7, 11) is 0. The van der Waals surface area contributed by atoms with Crippen LogP contribution in [0.2, 0.25) is 0 Å². The molecule has 0 unspecified atom stereocenters. The van der Waals surface area contributed by atoms with E-state index in [0.717, 1.165) is 6.54 Å². The average Bonchev–Trinajstić information content (AvgIpc) is 2.93. The van der Waals surface area contributed by atoms with Crippen LogP contribution in [0.5, 0.6) is 0 Å². The van der Waals surface area contributed by atoms with E-state index < -0.39 is 0 Å². The smallest absolute Gasteiger partial charge is 0.0320 e. The van der Waals surface area contributed by atoms with Crippen LogP contribution in [0.15, 0.2) is 48.5 Å². The van der Waals surface area contributed by atoms with E-state index in [-0.39, 0.29) is 0 Å². The molecule has 1 aliphatic rings. The largest absolute Gasteiger partial charge is 0.310 e. The summed E-state index contributed by atoms with van der Waals surface area (Å²) in [5, 5.41) is 3.54. The summed E-state index contributed by atoms with van der Waals surface area (Å²) in [6.07, 6.45) is 2.56. The van der Waals surface area contributed by atoms with Crippen LogP contribution in [0.1, 0.15) is 30.0 Å². The molecule has 1 aliphatic heterocycles. The fourth-order valence-corrected chi connectivity index (χ4v) is 2.70. The molecular formula is C17H19N. The highest BCUT2D eigenvalue weighted by Crippen LogP contribution is 2.26. The van der Waals surface area contributed by atoms with Crippen LogP contribution in [0.25, 0.3) is 11.1 Å². The van der Waals surface area contributed by atoms with Gasteiger partial charge in [0.15, 0.2) is 0 Å². The molecule has 0 aromatic heterocycles. The van der Waals surface area contributed by atoms with Crippen molar-refractivity contribution in [2.75, 3.05) is 6.54 Å². The Kier molecular flexibility index (Phi) is 3.16. The number of benzene rings is 2. The third-order valence-corrected chi connectivity index (χ3v) is 3.72. The summed E-state index contributed by atoms with van der Waals surface area (Å²) in [5.74, 6) is 0. The Morgan fingerprint density at radius 1 is 1.00 bits per heavy atom. The first-order valence-electron chi connectivity index (χ1n) is 6.73. The molecule has 1 fully saturated rings. The summed E-state index contributed by atoms with van der Waals surface area (Å²) in [5.41, 5.74) is 5.35. The summed E-state index contributed by atoms with van der Waals surface area (Å²) in [6.45, 7) is 3.30. The Morgan fingerprint density at radius 3 is 2.50 bits per heavy atom. The lowest BCUT2D eigenvalue weighted by Crippen LogP contribution is -2.12. The van der Waals surface area contributed by atoms with Crippen LogP contribution in [0.3, 0.4) is 0 Å². The first-order valence-corrected chi connectivity index (χ1v) is 6.73. The van der Waals surface area contributed by atoms with Crippen molar-refractivity contribution in [3.8, 4) is 11.1 Å². The molecule has 0 spiro atoms. The predicted molar refractivity (Wildman–Crippen MR) is 76.6 cm³/mol. The van der Waals surface area contributed by atoms with Crippen molar-refractivity contribution in [1.82, 2.24) is 5.32 Å². The topological polar surface area (TPSA) is 12.0 Å². The van der Waals surface area contributed by atoms with Crippen molar-refractivity contribution >= 4 is 0 Å². The van der Waals surface area contributed by atoms with Gasteiger partial charge < -0.3 is 5.32 Å². The zero-order valence-electron chi connectivity index (χ0n) is 10.8.